The fraction of sp³-hybridized carbons (Fsp3) is 0.444. The molecule has 2 aromatic rings. The van der Waals surface area contributed by atoms with E-state index in [0.717, 1.165) is 29.5 Å². The highest BCUT2D eigenvalue weighted by Gasteiger charge is 2.23. The fourth-order valence-corrected chi connectivity index (χ4v) is 4.80. The van der Waals surface area contributed by atoms with Crippen molar-refractivity contribution < 1.29 is 13.2 Å². The van der Waals surface area contributed by atoms with Gasteiger partial charge in [-0.25, -0.2) is 17.7 Å². The van der Waals surface area contributed by atoms with Crippen LogP contribution in [0.15, 0.2) is 29.2 Å². The molecule has 0 unspecified atom stereocenters. The van der Waals surface area contributed by atoms with Gasteiger partial charge in [0.15, 0.2) is 5.13 Å². The lowest BCUT2D eigenvalue weighted by Gasteiger charge is -2.29. The van der Waals surface area contributed by atoms with Crippen LogP contribution in [-0.2, 0) is 23.0 Å². The van der Waals surface area contributed by atoms with Crippen molar-refractivity contribution in [1.29, 1.82) is 0 Å². The number of halogens is 1. The molecule has 3 rings (SSSR count). The minimum absolute atomic E-state index is 0. The Labute approximate surface area is 176 Å². The van der Waals surface area contributed by atoms with Crippen LogP contribution in [0.4, 0.5) is 5.13 Å². The number of fused-ring (bicyclic) bond motifs is 1. The van der Waals surface area contributed by atoms with E-state index >= 15 is 0 Å². The van der Waals surface area contributed by atoms with Crippen LogP contribution in [0.2, 0.25) is 0 Å². The Morgan fingerprint density at radius 3 is 2.46 bits per heavy atom. The number of rotatable bonds is 5. The number of aromatic nitrogens is 1. The molecule has 154 valence electrons. The largest absolute Gasteiger partial charge is 0.298 e. The predicted octanol–water partition coefficient (Wildman–Crippen LogP) is 2.83. The SMILES string of the molecule is CC(C)N1CCc2nc(NC(=O)c3ccc(S(=O)(=O)N(C)C)cc3)sc2C1.Cl. The first kappa shape index (κ1) is 22.8. The third-order valence-corrected chi connectivity index (χ3v) is 7.43. The quantitative estimate of drug-likeness (QED) is 0.766. The van der Waals surface area contributed by atoms with Crippen molar-refractivity contribution >= 4 is 44.8 Å². The average molecular weight is 445 g/mol. The van der Waals surface area contributed by atoms with Crippen molar-refractivity contribution in [2.24, 2.45) is 0 Å². The summed E-state index contributed by atoms with van der Waals surface area (Å²) in [5.41, 5.74) is 1.45. The number of hydrogen-bond acceptors (Lipinski definition) is 6. The molecule has 0 atom stereocenters. The van der Waals surface area contributed by atoms with Gasteiger partial charge in [-0.1, -0.05) is 0 Å². The molecular weight excluding hydrogens is 420 g/mol. The van der Waals surface area contributed by atoms with E-state index in [9.17, 15) is 13.2 Å². The Bertz CT molecular complexity index is 940. The zero-order chi connectivity index (χ0) is 19.8. The normalized spacial score (nSPS) is 14.6. The van der Waals surface area contributed by atoms with Crippen molar-refractivity contribution in [3.63, 3.8) is 0 Å². The number of carbonyl (C=O) groups excluding carboxylic acids is 1. The van der Waals surface area contributed by atoms with Gasteiger partial charge < -0.3 is 0 Å². The molecule has 1 aliphatic heterocycles. The van der Waals surface area contributed by atoms with Crippen LogP contribution < -0.4 is 5.32 Å². The van der Waals surface area contributed by atoms with Gasteiger partial charge in [0, 0.05) is 50.1 Å². The second kappa shape index (κ2) is 8.87. The van der Waals surface area contributed by atoms with Crippen LogP contribution in [0.3, 0.4) is 0 Å². The molecule has 0 saturated heterocycles. The molecule has 0 spiro atoms. The molecule has 1 aromatic carbocycles. The lowest BCUT2D eigenvalue weighted by atomic mass is 10.1. The molecule has 1 N–H and O–H groups in total. The van der Waals surface area contributed by atoms with Gasteiger partial charge in [-0.3, -0.25) is 15.0 Å². The Kier molecular flexibility index (Phi) is 7.22. The first-order valence-corrected chi connectivity index (χ1v) is 11.0. The first-order valence-electron chi connectivity index (χ1n) is 8.75. The van der Waals surface area contributed by atoms with Crippen LogP contribution >= 0.6 is 23.7 Å². The molecule has 1 amide bonds. The van der Waals surface area contributed by atoms with Gasteiger partial charge in [-0.15, -0.1) is 23.7 Å². The summed E-state index contributed by atoms with van der Waals surface area (Å²) in [4.78, 5) is 20.8. The van der Waals surface area contributed by atoms with E-state index in [1.54, 1.807) is 0 Å². The second-order valence-corrected chi connectivity index (χ2v) is 10.2. The van der Waals surface area contributed by atoms with Crippen molar-refractivity contribution in [2.75, 3.05) is 26.0 Å². The third kappa shape index (κ3) is 4.72. The third-order valence-electron chi connectivity index (χ3n) is 4.61. The monoisotopic (exact) mass is 444 g/mol. The molecule has 0 radical (unpaired) electrons. The van der Waals surface area contributed by atoms with Crippen molar-refractivity contribution in [1.82, 2.24) is 14.2 Å². The summed E-state index contributed by atoms with van der Waals surface area (Å²) in [5, 5.41) is 3.41. The number of thiazole rings is 1. The Morgan fingerprint density at radius 2 is 1.89 bits per heavy atom. The van der Waals surface area contributed by atoms with Gasteiger partial charge in [0.25, 0.3) is 5.91 Å². The minimum Gasteiger partial charge on any atom is -0.298 e. The standard InChI is InChI=1S/C18H24N4O3S2.ClH/c1-12(2)22-10-9-15-16(11-22)26-18(19-15)20-17(23)13-5-7-14(8-6-13)27(24,25)21(3)4;/h5-8,12H,9-11H2,1-4H3,(H,19,20,23);1H. The summed E-state index contributed by atoms with van der Waals surface area (Å²) in [7, 11) is -0.560. The number of amides is 1. The summed E-state index contributed by atoms with van der Waals surface area (Å²) in [5.74, 6) is -0.296. The van der Waals surface area contributed by atoms with Gasteiger partial charge in [-0.05, 0) is 38.1 Å². The molecule has 1 aromatic heterocycles. The molecule has 0 fully saturated rings. The van der Waals surface area contributed by atoms with E-state index in [0.29, 0.717) is 16.7 Å². The van der Waals surface area contributed by atoms with Crippen LogP contribution in [0, 0.1) is 0 Å². The summed E-state index contributed by atoms with van der Waals surface area (Å²) >= 11 is 1.50. The molecule has 10 heteroatoms. The summed E-state index contributed by atoms with van der Waals surface area (Å²) < 4.78 is 25.3. The van der Waals surface area contributed by atoms with Gasteiger partial charge in [0.05, 0.1) is 10.6 Å². The first-order chi connectivity index (χ1) is 12.7. The highest BCUT2D eigenvalue weighted by atomic mass is 35.5. The highest BCUT2D eigenvalue weighted by molar-refractivity contribution is 7.89. The maximum Gasteiger partial charge on any atom is 0.257 e. The maximum atomic E-state index is 12.5. The molecule has 7 nitrogen and oxygen atoms in total. The smallest absolute Gasteiger partial charge is 0.257 e. The second-order valence-electron chi connectivity index (χ2n) is 6.97. The van der Waals surface area contributed by atoms with Crippen molar-refractivity contribution in [2.45, 2.75) is 37.8 Å². The lowest BCUT2D eigenvalue weighted by Crippen LogP contribution is -2.35. The van der Waals surface area contributed by atoms with Crippen molar-refractivity contribution in [3.05, 3.63) is 40.4 Å². The van der Waals surface area contributed by atoms with Crippen LogP contribution in [0.1, 0.15) is 34.8 Å². The molecule has 0 saturated carbocycles. The van der Waals surface area contributed by atoms with E-state index in [-0.39, 0.29) is 23.2 Å². The van der Waals surface area contributed by atoms with Gasteiger partial charge in [0.2, 0.25) is 10.0 Å². The predicted molar refractivity (Wildman–Crippen MR) is 114 cm³/mol. The van der Waals surface area contributed by atoms with Gasteiger partial charge in [0.1, 0.15) is 0 Å². The summed E-state index contributed by atoms with van der Waals surface area (Å²) in [6, 6.07) is 6.39. The molecule has 2 heterocycles. The number of hydrogen-bond donors (Lipinski definition) is 1. The van der Waals surface area contributed by atoms with Gasteiger partial charge in [-0.2, -0.15) is 0 Å². The zero-order valence-corrected chi connectivity index (χ0v) is 18.7. The number of anilines is 1. The lowest BCUT2D eigenvalue weighted by molar-refractivity contribution is 0.102. The maximum absolute atomic E-state index is 12.5. The summed E-state index contributed by atoms with van der Waals surface area (Å²) in [6.45, 7) is 6.19. The van der Waals surface area contributed by atoms with Crippen LogP contribution in [-0.4, -0.2) is 55.2 Å². The number of nitrogens with one attached hydrogen (secondary N) is 1. The molecule has 0 aliphatic carbocycles. The molecule has 28 heavy (non-hydrogen) atoms. The Hall–Kier alpha value is -1.52. The van der Waals surface area contributed by atoms with E-state index in [2.05, 4.69) is 29.0 Å². The molecule has 0 bridgehead atoms. The van der Waals surface area contributed by atoms with Crippen molar-refractivity contribution in [3.8, 4) is 0 Å². The Balaban J connectivity index is 0.00000280. The topological polar surface area (TPSA) is 82.6 Å². The van der Waals surface area contributed by atoms with E-state index < -0.39 is 10.0 Å². The Morgan fingerprint density at radius 1 is 1.25 bits per heavy atom. The minimum atomic E-state index is -3.51. The highest BCUT2D eigenvalue weighted by Crippen LogP contribution is 2.29. The van der Waals surface area contributed by atoms with E-state index in [1.165, 1.54) is 54.6 Å². The molecule has 1 aliphatic rings. The van der Waals surface area contributed by atoms with Crippen LogP contribution in [0.25, 0.3) is 0 Å². The number of carbonyl (C=O) groups is 1. The number of nitrogens with zero attached hydrogens (tertiary/aromatic N) is 3. The number of benzene rings is 1. The average Bonchev–Trinajstić information content (AvgIpc) is 3.02. The van der Waals surface area contributed by atoms with E-state index in [4.69, 9.17) is 0 Å². The fourth-order valence-electron chi connectivity index (χ4n) is 2.87. The van der Waals surface area contributed by atoms with E-state index in [1.807, 2.05) is 0 Å². The molecular formula is C18H25ClN4O3S2. The zero-order valence-electron chi connectivity index (χ0n) is 16.3. The number of sulfonamides is 1. The van der Waals surface area contributed by atoms with Gasteiger partial charge >= 0.3 is 0 Å². The summed E-state index contributed by atoms with van der Waals surface area (Å²) in [6.07, 6.45) is 0.886. The van der Waals surface area contributed by atoms with Crippen LogP contribution in [0.5, 0.6) is 0 Å².